The van der Waals surface area contributed by atoms with Gasteiger partial charge in [-0.25, -0.2) is 0 Å². The fraction of sp³-hybridized carbons (Fsp3) is 1.00. The molecular formula is C25H56O6Si2. The fourth-order valence-electron chi connectivity index (χ4n) is 3.45. The molecule has 0 radical (unpaired) electrons. The van der Waals surface area contributed by atoms with Gasteiger partial charge < -0.3 is 26.6 Å². The average molecular weight is 509 g/mol. The lowest BCUT2D eigenvalue weighted by molar-refractivity contribution is 0.0361. The maximum Gasteiger partial charge on any atom is 0.504 e. The van der Waals surface area contributed by atoms with E-state index in [2.05, 4.69) is 48.5 Å². The highest BCUT2D eigenvalue weighted by Gasteiger charge is 2.55. The van der Waals surface area contributed by atoms with E-state index < -0.39 is 17.6 Å². The third-order valence-corrected chi connectivity index (χ3v) is 12.2. The van der Waals surface area contributed by atoms with Gasteiger partial charge in [-0.15, -0.1) is 0 Å². The lowest BCUT2D eigenvalue weighted by Gasteiger charge is -2.39. The van der Waals surface area contributed by atoms with Gasteiger partial charge in [-0.2, -0.15) is 0 Å². The molecule has 0 aromatic heterocycles. The van der Waals surface area contributed by atoms with Crippen molar-refractivity contribution in [2.24, 2.45) is 0 Å². The lowest BCUT2D eigenvalue weighted by atomic mass is 10.4. The zero-order chi connectivity index (χ0) is 24.8. The maximum atomic E-state index is 6.55. The average Bonchev–Trinajstić information content (AvgIpc) is 2.83. The predicted molar refractivity (Wildman–Crippen MR) is 142 cm³/mol. The summed E-state index contributed by atoms with van der Waals surface area (Å²) in [7, 11) is -5.87. The highest BCUT2D eigenvalue weighted by Crippen LogP contribution is 2.38. The molecule has 0 spiro atoms. The van der Waals surface area contributed by atoms with Crippen molar-refractivity contribution in [3.05, 3.63) is 0 Å². The fourth-order valence-corrected chi connectivity index (χ4v) is 11.0. The maximum absolute atomic E-state index is 6.55. The van der Waals surface area contributed by atoms with Crippen LogP contribution in [-0.4, -0.2) is 57.3 Å². The molecule has 0 rings (SSSR count). The normalized spacial score (nSPS) is 13.5. The summed E-state index contributed by atoms with van der Waals surface area (Å²) in [6.45, 7) is 19.1. The highest BCUT2D eigenvalue weighted by atomic mass is 28.4. The van der Waals surface area contributed by atoms with Crippen molar-refractivity contribution in [1.82, 2.24) is 0 Å². The van der Waals surface area contributed by atoms with E-state index >= 15 is 0 Å². The minimum Gasteiger partial charge on any atom is -0.373 e. The Kier molecular flexibility index (Phi) is 21.6. The second-order valence-electron chi connectivity index (χ2n) is 8.75. The van der Waals surface area contributed by atoms with Gasteiger partial charge in [0.1, 0.15) is 0 Å². The van der Waals surface area contributed by atoms with Crippen LogP contribution in [0.1, 0.15) is 113 Å². The van der Waals surface area contributed by atoms with E-state index in [4.69, 9.17) is 26.6 Å². The summed E-state index contributed by atoms with van der Waals surface area (Å²) in [6.07, 6.45) is 9.98. The summed E-state index contributed by atoms with van der Waals surface area (Å²) in [5.41, 5.74) is 0.0960. The van der Waals surface area contributed by atoms with E-state index in [0.717, 1.165) is 64.2 Å². The Morgan fingerprint density at radius 2 is 0.818 bits per heavy atom. The first-order valence-electron chi connectivity index (χ1n) is 13.9. The minimum atomic E-state index is -2.95. The van der Waals surface area contributed by atoms with Crippen LogP contribution in [0, 0.1) is 0 Å². The molecular weight excluding hydrogens is 452 g/mol. The van der Waals surface area contributed by atoms with Gasteiger partial charge in [-0.05, 0) is 44.9 Å². The largest absolute Gasteiger partial charge is 0.504 e. The zero-order valence-corrected chi connectivity index (χ0v) is 25.0. The van der Waals surface area contributed by atoms with E-state index in [0.29, 0.717) is 45.7 Å². The van der Waals surface area contributed by atoms with Crippen LogP contribution in [0.5, 0.6) is 0 Å². The molecule has 0 aliphatic carbocycles. The van der Waals surface area contributed by atoms with E-state index in [9.17, 15) is 0 Å². The molecule has 0 fully saturated rings. The van der Waals surface area contributed by atoms with Crippen molar-refractivity contribution in [3.8, 4) is 0 Å². The molecule has 0 bridgehead atoms. The van der Waals surface area contributed by atoms with Gasteiger partial charge in [0.15, 0.2) is 0 Å². The van der Waals surface area contributed by atoms with Crippen molar-refractivity contribution in [3.63, 3.8) is 0 Å². The van der Waals surface area contributed by atoms with Crippen molar-refractivity contribution in [1.29, 1.82) is 0 Å². The van der Waals surface area contributed by atoms with Gasteiger partial charge in [0.2, 0.25) is 0 Å². The van der Waals surface area contributed by atoms with Crippen LogP contribution in [0.3, 0.4) is 0 Å². The molecule has 0 heterocycles. The Hall–Kier alpha value is 0.194. The smallest absolute Gasteiger partial charge is 0.373 e. The van der Waals surface area contributed by atoms with Crippen molar-refractivity contribution in [2.45, 2.75) is 124 Å². The van der Waals surface area contributed by atoms with E-state index in [1.54, 1.807) is 0 Å². The zero-order valence-electron chi connectivity index (χ0n) is 23.0. The Morgan fingerprint density at radius 1 is 0.455 bits per heavy atom. The van der Waals surface area contributed by atoms with Crippen LogP contribution in [-0.2, 0) is 26.6 Å². The molecule has 0 aromatic rings. The number of hydrogen-bond acceptors (Lipinski definition) is 6. The second kappa shape index (κ2) is 21.5. The summed E-state index contributed by atoms with van der Waals surface area (Å²) < 4.78 is 39.2. The third-order valence-electron chi connectivity index (χ3n) is 5.47. The van der Waals surface area contributed by atoms with Crippen LogP contribution in [0.2, 0.25) is 11.6 Å². The Morgan fingerprint density at radius 3 is 1.09 bits per heavy atom. The third kappa shape index (κ3) is 13.8. The SMILES string of the molecule is CCCCO[Si](CC(CC)[Si](OCCC)(OCCC)OCCC)(OCCCC)OCCCC. The topological polar surface area (TPSA) is 55.4 Å². The first kappa shape index (κ1) is 33.2. The van der Waals surface area contributed by atoms with Gasteiger partial charge in [-0.3, -0.25) is 0 Å². The Balaban J connectivity index is 6.02. The van der Waals surface area contributed by atoms with Crippen LogP contribution in [0.15, 0.2) is 0 Å². The van der Waals surface area contributed by atoms with Crippen LogP contribution >= 0.6 is 0 Å². The van der Waals surface area contributed by atoms with Gasteiger partial charge in [0.05, 0.1) is 0 Å². The number of unbranched alkanes of at least 4 members (excludes halogenated alkanes) is 3. The van der Waals surface area contributed by atoms with E-state index in [1.807, 2.05) is 0 Å². The van der Waals surface area contributed by atoms with Crippen LogP contribution < -0.4 is 0 Å². The molecule has 0 aliphatic rings. The quantitative estimate of drug-likeness (QED) is 0.0947. The molecule has 1 unspecified atom stereocenters. The van der Waals surface area contributed by atoms with Crippen molar-refractivity contribution >= 4 is 17.6 Å². The minimum absolute atomic E-state index is 0.0960. The van der Waals surface area contributed by atoms with Crippen LogP contribution in [0.25, 0.3) is 0 Å². The Bertz CT molecular complexity index is 379. The standard InChI is InChI=1S/C25H56O6Si2/c1-8-15-21-26-32(27-22-16-9-2,28-23-17-10-3)24-25(14-7)33(29-18-11-4,30-19-12-5)31-20-13-6/h25H,8-24H2,1-7H3. The molecule has 0 saturated heterocycles. The summed E-state index contributed by atoms with van der Waals surface area (Å²) >= 11 is 0. The molecule has 8 heteroatoms. The molecule has 0 aromatic carbocycles. The summed E-state index contributed by atoms with van der Waals surface area (Å²) in [5.74, 6) is 0. The second-order valence-corrected chi connectivity index (χ2v) is 14.3. The predicted octanol–water partition coefficient (Wildman–Crippen LogP) is 7.37. The molecule has 0 N–H and O–H groups in total. The molecule has 200 valence electrons. The first-order valence-corrected chi connectivity index (χ1v) is 17.6. The van der Waals surface area contributed by atoms with Gasteiger partial charge in [-0.1, -0.05) is 67.7 Å². The highest BCUT2D eigenvalue weighted by molar-refractivity contribution is 6.68. The van der Waals surface area contributed by atoms with Crippen LogP contribution in [0.4, 0.5) is 0 Å². The Labute approximate surface area is 208 Å². The van der Waals surface area contributed by atoms with E-state index in [-0.39, 0.29) is 5.54 Å². The first-order chi connectivity index (χ1) is 16.0. The van der Waals surface area contributed by atoms with Crippen molar-refractivity contribution in [2.75, 3.05) is 39.6 Å². The molecule has 0 saturated carbocycles. The molecule has 6 nitrogen and oxygen atoms in total. The monoisotopic (exact) mass is 508 g/mol. The molecule has 0 aliphatic heterocycles. The molecule has 0 amide bonds. The number of hydrogen-bond donors (Lipinski definition) is 0. The lowest BCUT2D eigenvalue weighted by Crippen LogP contribution is -2.56. The van der Waals surface area contributed by atoms with Gasteiger partial charge in [0, 0.05) is 51.2 Å². The van der Waals surface area contributed by atoms with Crippen molar-refractivity contribution < 1.29 is 26.6 Å². The summed E-state index contributed by atoms with van der Waals surface area (Å²) in [6, 6.07) is 0.698. The van der Waals surface area contributed by atoms with E-state index in [1.165, 1.54) is 0 Å². The molecule has 1 atom stereocenters. The van der Waals surface area contributed by atoms with Gasteiger partial charge in [0.25, 0.3) is 0 Å². The van der Waals surface area contributed by atoms with Gasteiger partial charge >= 0.3 is 17.6 Å². The summed E-state index contributed by atoms with van der Waals surface area (Å²) in [4.78, 5) is 0. The molecule has 33 heavy (non-hydrogen) atoms. The number of rotatable bonds is 25. The summed E-state index contributed by atoms with van der Waals surface area (Å²) in [5, 5.41) is 0.